The molecule has 0 saturated carbocycles. The van der Waals surface area contributed by atoms with Crippen LogP contribution in [0, 0.1) is 0 Å². The van der Waals surface area contributed by atoms with Crippen molar-refractivity contribution in [1.82, 2.24) is 5.32 Å². The van der Waals surface area contributed by atoms with Gasteiger partial charge in [-0.25, -0.2) is 9.59 Å². The molecule has 0 aliphatic heterocycles. The molecule has 0 spiro atoms. The minimum atomic E-state index is -1.22. The Morgan fingerprint density at radius 3 is 2.22 bits per heavy atom. The maximum absolute atomic E-state index is 11.7. The molecule has 0 aromatic rings. The first-order valence-corrected chi connectivity index (χ1v) is 6.61. The highest BCUT2D eigenvalue weighted by molar-refractivity contribution is 7.99. The highest BCUT2D eigenvalue weighted by atomic mass is 32.2. The van der Waals surface area contributed by atoms with Gasteiger partial charge in [-0.15, -0.1) is 0 Å². The molecule has 0 aromatic carbocycles. The van der Waals surface area contributed by atoms with E-state index in [1.54, 1.807) is 0 Å². The zero-order chi connectivity index (χ0) is 14.3. The van der Waals surface area contributed by atoms with Crippen molar-refractivity contribution in [3.05, 3.63) is 0 Å². The van der Waals surface area contributed by atoms with Gasteiger partial charge < -0.3 is 15.2 Å². The van der Waals surface area contributed by atoms with E-state index in [-0.39, 0.29) is 5.91 Å². The zero-order valence-electron chi connectivity index (χ0n) is 10.9. The number of rotatable bonds is 7. The summed E-state index contributed by atoms with van der Waals surface area (Å²) in [6.45, 7) is 6.48. The molecule has 0 aromatic heterocycles. The summed E-state index contributed by atoms with van der Waals surface area (Å²) >= 11 is 1.48. The van der Waals surface area contributed by atoms with Crippen molar-refractivity contribution in [3.8, 4) is 0 Å². The Morgan fingerprint density at radius 2 is 1.83 bits per heavy atom. The summed E-state index contributed by atoms with van der Waals surface area (Å²) in [7, 11) is 0. The standard InChI is InChI=1S/C11H19NO5S/c1-6(2)18-5-9(12-8(4)13)11(16)17-7(3)10(14)15/h6-7,9H,5H2,1-4H3,(H,12,13)(H,14,15). The van der Waals surface area contributed by atoms with E-state index in [9.17, 15) is 14.4 Å². The Labute approximate surface area is 110 Å². The summed E-state index contributed by atoms with van der Waals surface area (Å²) in [5, 5.41) is 11.4. The van der Waals surface area contributed by atoms with Gasteiger partial charge in [-0.05, 0) is 12.2 Å². The van der Waals surface area contributed by atoms with E-state index in [2.05, 4.69) is 5.32 Å². The maximum atomic E-state index is 11.7. The first kappa shape index (κ1) is 16.8. The predicted molar refractivity (Wildman–Crippen MR) is 68.4 cm³/mol. The molecule has 0 aliphatic carbocycles. The first-order valence-electron chi connectivity index (χ1n) is 5.56. The van der Waals surface area contributed by atoms with Gasteiger partial charge in [-0.1, -0.05) is 13.8 Å². The van der Waals surface area contributed by atoms with Gasteiger partial charge in [0.25, 0.3) is 0 Å². The van der Waals surface area contributed by atoms with E-state index in [4.69, 9.17) is 9.84 Å². The topological polar surface area (TPSA) is 92.7 Å². The molecule has 2 atom stereocenters. The molecule has 104 valence electrons. The predicted octanol–water partition coefficient (Wildman–Crippen LogP) is 0.649. The van der Waals surface area contributed by atoms with E-state index >= 15 is 0 Å². The fourth-order valence-corrected chi connectivity index (χ4v) is 1.81. The maximum Gasteiger partial charge on any atom is 0.344 e. The lowest BCUT2D eigenvalue weighted by atomic mass is 10.3. The minimum Gasteiger partial charge on any atom is -0.479 e. The molecular weight excluding hydrogens is 258 g/mol. The quantitative estimate of drug-likeness (QED) is 0.664. The van der Waals surface area contributed by atoms with Crippen LogP contribution in [0.5, 0.6) is 0 Å². The average Bonchev–Trinajstić information content (AvgIpc) is 2.22. The lowest BCUT2D eigenvalue weighted by Gasteiger charge is -2.18. The van der Waals surface area contributed by atoms with Crippen LogP contribution < -0.4 is 5.32 Å². The second-order valence-electron chi connectivity index (χ2n) is 4.05. The molecule has 0 bridgehead atoms. The SMILES string of the molecule is CC(=O)NC(CSC(C)C)C(=O)OC(C)C(=O)O. The lowest BCUT2D eigenvalue weighted by Crippen LogP contribution is -2.44. The smallest absolute Gasteiger partial charge is 0.344 e. The van der Waals surface area contributed by atoms with Gasteiger partial charge in [0.2, 0.25) is 5.91 Å². The van der Waals surface area contributed by atoms with Crippen LogP contribution in [0.15, 0.2) is 0 Å². The molecule has 2 unspecified atom stereocenters. The molecule has 0 radical (unpaired) electrons. The molecule has 0 saturated heterocycles. The van der Waals surface area contributed by atoms with Crippen LogP contribution in [0.4, 0.5) is 0 Å². The van der Waals surface area contributed by atoms with E-state index in [0.717, 1.165) is 0 Å². The Kier molecular flexibility index (Phi) is 7.42. The number of carboxylic acids is 1. The van der Waals surface area contributed by atoms with Crippen molar-refractivity contribution >= 4 is 29.6 Å². The number of carbonyl (C=O) groups is 3. The van der Waals surface area contributed by atoms with Crippen LogP contribution in [0.25, 0.3) is 0 Å². The number of amides is 1. The molecule has 6 nitrogen and oxygen atoms in total. The van der Waals surface area contributed by atoms with E-state index < -0.39 is 24.1 Å². The molecule has 0 aliphatic rings. The Hall–Kier alpha value is -1.24. The minimum absolute atomic E-state index is 0.297. The lowest BCUT2D eigenvalue weighted by molar-refractivity contribution is -0.164. The molecule has 1 amide bonds. The number of thioether (sulfide) groups is 1. The highest BCUT2D eigenvalue weighted by Crippen LogP contribution is 2.12. The Balaban J connectivity index is 4.48. The number of carboxylic acid groups (broad SMARTS) is 1. The highest BCUT2D eigenvalue weighted by Gasteiger charge is 2.25. The second kappa shape index (κ2) is 7.97. The van der Waals surface area contributed by atoms with E-state index in [1.165, 1.54) is 25.6 Å². The molecule has 2 N–H and O–H groups in total. The zero-order valence-corrected chi connectivity index (χ0v) is 11.7. The van der Waals surface area contributed by atoms with E-state index in [1.807, 2.05) is 13.8 Å². The van der Waals surface area contributed by atoms with Gasteiger partial charge in [-0.3, -0.25) is 4.79 Å². The van der Waals surface area contributed by atoms with Gasteiger partial charge in [0, 0.05) is 12.7 Å². The summed E-state index contributed by atoms with van der Waals surface area (Å²) in [5.74, 6) is -1.96. The fraction of sp³-hybridized carbons (Fsp3) is 0.727. The summed E-state index contributed by atoms with van der Waals surface area (Å²) in [6.07, 6.45) is -1.22. The molecule has 7 heteroatoms. The fourth-order valence-electron chi connectivity index (χ4n) is 1.01. The van der Waals surface area contributed by atoms with Crippen molar-refractivity contribution in [2.24, 2.45) is 0 Å². The number of ether oxygens (including phenoxy) is 1. The summed E-state index contributed by atoms with van der Waals surface area (Å²) in [6, 6.07) is -0.822. The summed E-state index contributed by atoms with van der Waals surface area (Å²) in [5.41, 5.74) is 0. The number of nitrogens with one attached hydrogen (secondary N) is 1. The van der Waals surface area contributed by atoms with Gasteiger partial charge in [0.1, 0.15) is 6.04 Å². The monoisotopic (exact) mass is 277 g/mol. The molecular formula is C11H19NO5S. The Morgan fingerprint density at radius 1 is 1.28 bits per heavy atom. The van der Waals surface area contributed by atoms with Crippen molar-refractivity contribution in [2.45, 2.75) is 45.1 Å². The van der Waals surface area contributed by atoms with E-state index in [0.29, 0.717) is 11.0 Å². The van der Waals surface area contributed by atoms with Crippen LogP contribution in [0.2, 0.25) is 0 Å². The number of carbonyl (C=O) groups excluding carboxylic acids is 2. The van der Waals surface area contributed by atoms with Crippen LogP contribution in [0.1, 0.15) is 27.7 Å². The number of hydrogen-bond acceptors (Lipinski definition) is 5. The van der Waals surface area contributed by atoms with Gasteiger partial charge in [0.05, 0.1) is 0 Å². The normalized spacial score (nSPS) is 13.8. The number of hydrogen-bond donors (Lipinski definition) is 2. The second-order valence-corrected chi connectivity index (χ2v) is 5.66. The van der Waals surface area contributed by atoms with Crippen molar-refractivity contribution in [3.63, 3.8) is 0 Å². The molecule has 0 rings (SSSR count). The molecule has 0 fully saturated rings. The third-order valence-electron chi connectivity index (χ3n) is 1.90. The van der Waals surface area contributed by atoms with Crippen molar-refractivity contribution < 1.29 is 24.2 Å². The average molecular weight is 277 g/mol. The number of aliphatic carboxylic acids is 1. The van der Waals surface area contributed by atoms with Crippen LogP contribution in [-0.2, 0) is 19.1 Å². The van der Waals surface area contributed by atoms with Gasteiger partial charge >= 0.3 is 11.9 Å². The Bertz CT molecular complexity index is 319. The summed E-state index contributed by atoms with van der Waals surface area (Å²) < 4.78 is 4.74. The van der Waals surface area contributed by atoms with Crippen molar-refractivity contribution in [1.29, 1.82) is 0 Å². The number of esters is 1. The third-order valence-corrected chi connectivity index (χ3v) is 3.09. The first-order chi connectivity index (χ1) is 8.23. The molecule has 18 heavy (non-hydrogen) atoms. The van der Waals surface area contributed by atoms with Gasteiger partial charge in [-0.2, -0.15) is 11.8 Å². The van der Waals surface area contributed by atoms with Crippen molar-refractivity contribution in [2.75, 3.05) is 5.75 Å². The third kappa shape index (κ3) is 7.16. The largest absolute Gasteiger partial charge is 0.479 e. The molecule has 0 heterocycles. The van der Waals surface area contributed by atoms with Crippen LogP contribution >= 0.6 is 11.8 Å². The van der Waals surface area contributed by atoms with Crippen LogP contribution in [-0.4, -0.2) is 46.1 Å². The van der Waals surface area contributed by atoms with Crippen LogP contribution in [0.3, 0.4) is 0 Å². The summed E-state index contributed by atoms with van der Waals surface area (Å²) in [4.78, 5) is 33.2. The van der Waals surface area contributed by atoms with Gasteiger partial charge in [0.15, 0.2) is 6.10 Å².